The number of hydrogen-bond donors (Lipinski definition) is 2. The van der Waals surface area contributed by atoms with E-state index in [4.69, 9.17) is 14.9 Å². The van der Waals surface area contributed by atoms with Gasteiger partial charge in [-0.2, -0.15) is 0 Å². The van der Waals surface area contributed by atoms with Crippen LogP contribution in [0.15, 0.2) is 30.3 Å². The number of thiophene rings is 1. The van der Waals surface area contributed by atoms with Gasteiger partial charge in [-0.05, 0) is 30.7 Å². The molecule has 0 bridgehead atoms. The largest absolute Gasteiger partial charge is 0.508 e. The Hall–Kier alpha value is -2.01. The van der Waals surface area contributed by atoms with Crippen LogP contribution in [-0.2, 0) is 6.61 Å². The van der Waals surface area contributed by atoms with Gasteiger partial charge in [0, 0.05) is 4.88 Å². The highest BCUT2D eigenvalue weighted by Crippen LogP contribution is 2.29. The normalized spacial score (nSPS) is 10.3. The molecule has 0 saturated heterocycles. The molecule has 4 nitrogen and oxygen atoms in total. The van der Waals surface area contributed by atoms with Crippen molar-refractivity contribution >= 4 is 17.3 Å². The van der Waals surface area contributed by atoms with E-state index in [0.717, 1.165) is 10.4 Å². The molecule has 0 amide bonds. The Morgan fingerprint density at radius 3 is 2.61 bits per heavy atom. The van der Waals surface area contributed by atoms with E-state index in [9.17, 15) is 4.79 Å². The number of rotatable bonds is 4. The van der Waals surface area contributed by atoms with Gasteiger partial charge in [0.05, 0.1) is 0 Å². The number of phenolic OH excluding ortho intramolecular Hbond substituents is 1. The number of aryl methyl sites for hydroxylation is 1. The molecule has 1 heterocycles. The molecule has 2 aromatic rings. The number of carbonyl (C=O) groups is 1. The summed E-state index contributed by atoms with van der Waals surface area (Å²) in [5, 5.41) is 18.2. The smallest absolute Gasteiger partial charge is 0.349 e. The fourth-order valence-corrected chi connectivity index (χ4v) is 2.29. The van der Waals surface area contributed by atoms with E-state index in [1.54, 1.807) is 30.3 Å². The number of aromatic carboxylic acids is 1. The van der Waals surface area contributed by atoms with Gasteiger partial charge < -0.3 is 14.9 Å². The van der Waals surface area contributed by atoms with E-state index in [-0.39, 0.29) is 17.2 Å². The fraction of sp³-hybridized carbons (Fsp3) is 0.154. The molecular formula is C13H12O4S. The summed E-state index contributed by atoms with van der Waals surface area (Å²) in [4.78, 5) is 12.1. The van der Waals surface area contributed by atoms with Gasteiger partial charge in [0.2, 0.25) is 0 Å². The van der Waals surface area contributed by atoms with Gasteiger partial charge in [-0.15, -0.1) is 11.3 Å². The Kier molecular flexibility index (Phi) is 3.53. The van der Waals surface area contributed by atoms with Gasteiger partial charge in [-0.3, -0.25) is 0 Å². The summed E-state index contributed by atoms with van der Waals surface area (Å²) in [6.07, 6.45) is 0. The summed E-state index contributed by atoms with van der Waals surface area (Å²) in [5.74, 6) is -0.400. The van der Waals surface area contributed by atoms with Crippen LogP contribution < -0.4 is 4.74 Å². The van der Waals surface area contributed by atoms with Crippen molar-refractivity contribution in [3.05, 3.63) is 45.6 Å². The number of hydrogen-bond acceptors (Lipinski definition) is 4. The first-order valence-electron chi connectivity index (χ1n) is 5.30. The second-order valence-corrected chi connectivity index (χ2v) is 5.07. The van der Waals surface area contributed by atoms with E-state index >= 15 is 0 Å². The Balaban J connectivity index is 2.10. The lowest BCUT2D eigenvalue weighted by atomic mass is 10.2. The highest BCUT2D eigenvalue weighted by Gasteiger charge is 2.15. The van der Waals surface area contributed by atoms with Crippen LogP contribution in [0.2, 0.25) is 0 Å². The average molecular weight is 264 g/mol. The fourth-order valence-electron chi connectivity index (χ4n) is 1.50. The summed E-state index contributed by atoms with van der Waals surface area (Å²) >= 11 is 1.20. The van der Waals surface area contributed by atoms with Crippen LogP contribution in [0.1, 0.15) is 20.1 Å². The summed E-state index contributed by atoms with van der Waals surface area (Å²) in [7, 11) is 0. The minimum absolute atomic E-state index is 0.191. The number of carboxylic acid groups (broad SMARTS) is 1. The molecule has 0 aliphatic carbocycles. The lowest BCUT2D eigenvalue weighted by Gasteiger charge is -2.05. The van der Waals surface area contributed by atoms with E-state index in [1.807, 2.05) is 6.92 Å². The first-order valence-corrected chi connectivity index (χ1v) is 6.12. The van der Waals surface area contributed by atoms with Crippen molar-refractivity contribution in [2.45, 2.75) is 13.5 Å². The maximum absolute atomic E-state index is 11.0. The molecule has 5 heteroatoms. The number of aromatic hydroxyl groups is 1. The van der Waals surface area contributed by atoms with Gasteiger partial charge in [0.25, 0.3) is 0 Å². The number of carboxylic acids is 1. The van der Waals surface area contributed by atoms with Crippen molar-refractivity contribution in [1.29, 1.82) is 0 Å². The molecule has 0 unspecified atom stereocenters. The number of phenols is 1. The topological polar surface area (TPSA) is 66.8 Å². The SMILES string of the molecule is Cc1cc(OCc2ccc(O)cc2)c(C(=O)O)s1. The number of benzene rings is 1. The van der Waals surface area contributed by atoms with Gasteiger partial charge in [-0.1, -0.05) is 12.1 Å². The minimum atomic E-state index is -0.978. The zero-order valence-electron chi connectivity index (χ0n) is 9.71. The molecule has 1 aromatic carbocycles. The average Bonchev–Trinajstić information content (AvgIpc) is 2.70. The van der Waals surface area contributed by atoms with Crippen molar-refractivity contribution in [1.82, 2.24) is 0 Å². The second-order valence-electron chi connectivity index (χ2n) is 3.81. The summed E-state index contributed by atoms with van der Waals surface area (Å²) in [5.41, 5.74) is 0.869. The molecule has 18 heavy (non-hydrogen) atoms. The van der Waals surface area contributed by atoms with Crippen molar-refractivity contribution in [2.24, 2.45) is 0 Å². The van der Waals surface area contributed by atoms with Crippen LogP contribution in [0.3, 0.4) is 0 Å². The Morgan fingerprint density at radius 2 is 2.00 bits per heavy atom. The quantitative estimate of drug-likeness (QED) is 0.890. The Bertz CT molecular complexity index is 557. The molecule has 0 spiro atoms. The van der Waals surface area contributed by atoms with Crippen LogP contribution in [0.25, 0.3) is 0 Å². The lowest BCUT2D eigenvalue weighted by molar-refractivity contribution is 0.0697. The summed E-state index contributed by atoms with van der Waals surface area (Å²) in [6.45, 7) is 2.11. The van der Waals surface area contributed by atoms with E-state index in [1.165, 1.54) is 11.3 Å². The van der Waals surface area contributed by atoms with Gasteiger partial charge in [0.1, 0.15) is 18.1 Å². The zero-order valence-corrected chi connectivity index (χ0v) is 10.5. The monoisotopic (exact) mass is 264 g/mol. The number of ether oxygens (including phenoxy) is 1. The molecular weight excluding hydrogens is 252 g/mol. The van der Waals surface area contributed by atoms with Crippen LogP contribution in [0.5, 0.6) is 11.5 Å². The molecule has 0 aliphatic heterocycles. The van der Waals surface area contributed by atoms with Gasteiger partial charge in [-0.25, -0.2) is 4.79 Å². The standard InChI is InChI=1S/C13H12O4S/c1-8-6-11(12(18-8)13(15)16)17-7-9-2-4-10(14)5-3-9/h2-6,14H,7H2,1H3,(H,15,16). The van der Waals surface area contributed by atoms with Gasteiger partial charge >= 0.3 is 5.97 Å². The van der Waals surface area contributed by atoms with Crippen LogP contribution in [0.4, 0.5) is 0 Å². The molecule has 2 N–H and O–H groups in total. The van der Waals surface area contributed by atoms with E-state index in [2.05, 4.69) is 0 Å². The van der Waals surface area contributed by atoms with E-state index < -0.39 is 5.97 Å². The molecule has 0 aliphatic rings. The summed E-state index contributed by atoms with van der Waals surface area (Å²) in [6, 6.07) is 8.31. The van der Waals surface area contributed by atoms with Crippen LogP contribution in [-0.4, -0.2) is 16.2 Å². The van der Waals surface area contributed by atoms with E-state index in [0.29, 0.717) is 5.75 Å². The maximum Gasteiger partial charge on any atom is 0.349 e. The third-order valence-corrected chi connectivity index (χ3v) is 3.37. The predicted molar refractivity (Wildman–Crippen MR) is 68.5 cm³/mol. The molecule has 0 fully saturated rings. The van der Waals surface area contributed by atoms with Crippen molar-refractivity contribution in [2.75, 3.05) is 0 Å². The molecule has 0 radical (unpaired) electrons. The zero-order chi connectivity index (χ0) is 13.1. The lowest BCUT2D eigenvalue weighted by Crippen LogP contribution is -1.99. The van der Waals surface area contributed by atoms with Crippen LogP contribution >= 0.6 is 11.3 Å². The molecule has 2 rings (SSSR count). The first kappa shape index (κ1) is 12.4. The third-order valence-electron chi connectivity index (χ3n) is 2.35. The highest BCUT2D eigenvalue weighted by molar-refractivity contribution is 7.14. The van der Waals surface area contributed by atoms with Crippen molar-refractivity contribution < 1.29 is 19.7 Å². The molecule has 0 saturated carbocycles. The highest BCUT2D eigenvalue weighted by atomic mass is 32.1. The summed E-state index contributed by atoms with van der Waals surface area (Å²) < 4.78 is 5.49. The van der Waals surface area contributed by atoms with Crippen molar-refractivity contribution in [3.63, 3.8) is 0 Å². The first-order chi connectivity index (χ1) is 8.56. The second kappa shape index (κ2) is 5.10. The minimum Gasteiger partial charge on any atom is -0.508 e. The predicted octanol–water partition coefficient (Wildman–Crippen LogP) is 3.04. The molecule has 94 valence electrons. The third kappa shape index (κ3) is 2.81. The van der Waals surface area contributed by atoms with Gasteiger partial charge in [0.15, 0.2) is 4.88 Å². The molecule has 0 atom stereocenters. The van der Waals surface area contributed by atoms with Crippen LogP contribution in [0, 0.1) is 6.92 Å². The molecule has 1 aromatic heterocycles. The Morgan fingerprint density at radius 1 is 1.33 bits per heavy atom. The van der Waals surface area contributed by atoms with Crippen molar-refractivity contribution in [3.8, 4) is 11.5 Å². The maximum atomic E-state index is 11.0. The Labute approximate surface area is 108 Å².